The fourth-order valence-corrected chi connectivity index (χ4v) is 1.78. The van der Waals surface area contributed by atoms with Gasteiger partial charge < -0.3 is 10.2 Å². The van der Waals surface area contributed by atoms with Crippen LogP contribution in [-0.2, 0) is 9.59 Å². The maximum atomic E-state index is 13.2. The summed E-state index contributed by atoms with van der Waals surface area (Å²) in [5.74, 6) is -2.52. The smallest absolute Gasteiger partial charge is 0.223 e. The fraction of sp³-hybridized carbons (Fsp3) is 0.467. The molecule has 116 valence electrons. The number of hydrogen-bond donors (Lipinski definition) is 1. The van der Waals surface area contributed by atoms with Crippen molar-refractivity contribution in [3.63, 3.8) is 0 Å². The molecule has 2 amide bonds. The summed E-state index contributed by atoms with van der Waals surface area (Å²) in [6.45, 7) is 5.26. The van der Waals surface area contributed by atoms with Gasteiger partial charge in [0.2, 0.25) is 11.8 Å². The van der Waals surface area contributed by atoms with Crippen LogP contribution >= 0.6 is 0 Å². The van der Waals surface area contributed by atoms with Gasteiger partial charge in [-0.05, 0) is 25.5 Å². The molecule has 21 heavy (non-hydrogen) atoms. The third-order valence-electron chi connectivity index (χ3n) is 3.18. The lowest BCUT2D eigenvalue weighted by Gasteiger charge is -2.21. The SMILES string of the molecule is CCC(C)NC(=O)CCN(C(C)=O)c1ccc(F)c(F)c1. The Hall–Kier alpha value is -1.98. The molecular formula is C15H20F2N2O2. The number of halogens is 2. The van der Waals surface area contributed by atoms with E-state index in [0.29, 0.717) is 0 Å². The Kier molecular flexibility index (Phi) is 6.27. The van der Waals surface area contributed by atoms with Crippen molar-refractivity contribution in [2.24, 2.45) is 0 Å². The van der Waals surface area contributed by atoms with Gasteiger partial charge in [-0.15, -0.1) is 0 Å². The van der Waals surface area contributed by atoms with E-state index in [2.05, 4.69) is 5.32 Å². The molecule has 0 fully saturated rings. The summed E-state index contributed by atoms with van der Waals surface area (Å²) >= 11 is 0. The fourth-order valence-electron chi connectivity index (χ4n) is 1.78. The van der Waals surface area contributed by atoms with E-state index in [-0.39, 0.29) is 36.5 Å². The van der Waals surface area contributed by atoms with E-state index < -0.39 is 11.6 Å². The van der Waals surface area contributed by atoms with Gasteiger partial charge in [-0.2, -0.15) is 0 Å². The molecule has 1 unspecified atom stereocenters. The second-order valence-corrected chi connectivity index (χ2v) is 4.90. The molecular weight excluding hydrogens is 278 g/mol. The topological polar surface area (TPSA) is 49.4 Å². The van der Waals surface area contributed by atoms with Crippen molar-refractivity contribution >= 4 is 17.5 Å². The summed E-state index contributed by atoms with van der Waals surface area (Å²) in [6.07, 6.45) is 0.911. The lowest BCUT2D eigenvalue weighted by molar-refractivity contribution is -0.121. The molecule has 0 aliphatic carbocycles. The largest absolute Gasteiger partial charge is 0.354 e. The van der Waals surface area contributed by atoms with Gasteiger partial charge in [0.25, 0.3) is 0 Å². The number of nitrogens with zero attached hydrogens (tertiary/aromatic N) is 1. The van der Waals surface area contributed by atoms with E-state index in [1.807, 2.05) is 13.8 Å². The van der Waals surface area contributed by atoms with Crippen LogP contribution < -0.4 is 10.2 Å². The average molecular weight is 298 g/mol. The highest BCUT2D eigenvalue weighted by Gasteiger charge is 2.16. The first kappa shape index (κ1) is 17.1. The lowest BCUT2D eigenvalue weighted by Crippen LogP contribution is -2.36. The van der Waals surface area contributed by atoms with E-state index in [4.69, 9.17) is 0 Å². The third kappa shape index (κ3) is 5.13. The van der Waals surface area contributed by atoms with Crippen LogP contribution in [-0.4, -0.2) is 24.4 Å². The van der Waals surface area contributed by atoms with Crippen molar-refractivity contribution in [3.8, 4) is 0 Å². The van der Waals surface area contributed by atoms with Gasteiger partial charge in [0.15, 0.2) is 11.6 Å². The maximum absolute atomic E-state index is 13.2. The number of amides is 2. The Bertz CT molecular complexity index is 520. The second-order valence-electron chi connectivity index (χ2n) is 4.90. The lowest BCUT2D eigenvalue weighted by atomic mass is 10.2. The number of benzene rings is 1. The minimum atomic E-state index is -1.03. The minimum Gasteiger partial charge on any atom is -0.354 e. The number of anilines is 1. The molecule has 1 N–H and O–H groups in total. The monoisotopic (exact) mass is 298 g/mol. The van der Waals surface area contributed by atoms with Gasteiger partial charge in [-0.25, -0.2) is 8.78 Å². The van der Waals surface area contributed by atoms with Gasteiger partial charge in [-0.1, -0.05) is 6.92 Å². The molecule has 0 aliphatic rings. The zero-order valence-electron chi connectivity index (χ0n) is 12.5. The molecule has 1 atom stereocenters. The normalized spacial score (nSPS) is 11.9. The molecule has 0 spiro atoms. The molecule has 1 rings (SSSR count). The summed E-state index contributed by atoms with van der Waals surface area (Å²) in [7, 11) is 0. The molecule has 6 heteroatoms. The highest BCUT2D eigenvalue weighted by atomic mass is 19.2. The predicted molar refractivity (Wildman–Crippen MR) is 76.9 cm³/mol. The molecule has 0 aromatic heterocycles. The van der Waals surface area contributed by atoms with Crippen LogP contribution in [0.3, 0.4) is 0 Å². The zero-order chi connectivity index (χ0) is 16.0. The quantitative estimate of drug-likeness (QED) is 0.877. The van der Waals surface area contributed by atoms with E-state index in [1.54, 1.807) is 0 Å². The number of carbonyl (C=O) groups is 2. The van der Waals surface area contributed by atoms with E-state index >= 15 is 0 Å². The van der Waals surface area contributed by atoms with Crippen molar-refractivity contribution in [2.45, 2.75) is 39.7 Å². The van der Waals surface area contributed by atoms with E-state index in [1.165, 1.54) is 17.9 Å². The molecule has 0 saturated carbocycles. The van der Waals surface area contributed by atoms with Gasteiger partial charge in [-0.3, -0.25) is 9.59 Å². The summed E-state index contributed by atoms with van der Waals surface area (Å²) in [5, 5.41) is 2.78. The predicted octanol–water partition coefficient (Wildman–Crippen LogP) is 2.62. The molecule has 0 saturated heterocycles. The van der Waals surface area contributed by atoms with Crippen LogP contribution in [0.25, 0.3) is 0 Å². The van der Waals surface area contributed by atoms with Crippen LogP contribution in [0, 0.1) is 11.6 Å². The average Bonchev–Trinajstić information content (AvgIpc) is 2.42. The number of carbonyl (C=O) groups excluding carboxylic acids is 2. The Labute approximate surface area is 123 Å². The van der Waals surface area contributed by atoms with Crippen molar-refractivity contribution in [3.05, 3.63) is 29.8 Å². The Morgan fingerprint density at radius 3 is 2.48 bits per heavy atom. The molecule has 0 aliphatic heterocycles. The van der Waals surface area contributed by atoms with Gasteiger partial charge in [0.05, 0.1) is 0 Å². The highest BCUT2D eigenvalue weighted by Crippen LogP contribution is 2.18. The van der Waals surface area contributed by atoms with Gasteiger partial charge in [0, 0.05) is 37.7 Å². The Morgan fingerprint density at radius 2 is 1.95 bits per heavy atom. The molecule has 1 aromatic carbocycles. The van der Waals surface area contributed by atoms with Crippen LogP contribution in [0.4, 0.5) is 14.5 Å². The third-order valence-corrected chi connectivity index (χ3v) is 3.18. The van der Waals surface area contributed by atoms with Crippen LogP contribution in [0.1, 0.15) is 33.6 Å². The van der Waals surface area contributed by atoms with Crippen LogP contribution in [0.15, 0.2) is 18.2 Å². The summed E-state index contributed by atoms with van der Waals surface area (Å²) in [5.41, 5.74) is 0.234. The number of hydrogen-bond acceptors (Lipinski definition) is 2. The minimum absolute atomic E-state index is 0.0616. The number of nitrogens with one attached hydrogen (secondary N) is 1. The van der Waals surface area contributed by atoms with Crippen LogP contribution in [0.2, 0.25) is 0 Å². The van der Waals surface area contributed by atoms with Gasteiger partial charge in [0.1, 0.15) is 0 Å². The van der Waals surface area contributed by atoms with Crippen molar-refractivity contribution in [1.82, 2.24) is 5.32 Å². The van der Waals surface area contributed by atoms with Crippen LogP contribution in [0.5, 0.6) is 0 Å². The highest BCUT2D eigenvalue weighted by molar-refractivity contribution is 5.92. The molecule has 0 bridgehead atoms. The zero-order valence-corrected chi connectivity index (χ0v) is 12.5. The van der Waals surface area contributed by atoms with E-state index in [9.17, 15) is 18.4 Å². The van der Waals surface area contributed by atoms with Crippen molar-refractivity contribution in [2.75, 3.05) is 11.4 Å². The molecule has 0 heterocycles. The van der Waals surface area contributed by atoms with Gasteiger partial charge >= 0.3 is 0 Å². The standard InChI is InChI=1S/C15H20F2N2O2/c1-4-10(2)18-15(21)7-8-19(11(3)20)12-5-6-13(16)14(17)9-12/h5-6,9-10H,4,7-8H2,1-3H3,(H,18,21). The van der Waals surface area contributed by atoms with Crippen molar-refractivity contribution in [1.29, 1.82) is 0 Å². The first-order valence-corrected chi connectivity index (χ1v) is 6.87. The molecule has 4 nitrogen and oxygen atoms in total. The first-order valence-electron chi connectivity index (χ1n) is 6.87. The molecule has 0 radical (unpaired) electrons. The maximum Gasteiger partial charge on any atom is 0.223 e. The summed E-state index contributed by atoms with van der Waals surface area (Å²) in [6, 6.07) is 3.28. The summed E-state index contributed by atoms with van der Waals surface area (Å²) < 4.78 is 26.1. The first-order chi connectivity index (χ1) is 9.85. The number of rotatable bonds is 6. The Balaban J connectivity index is 2.72. The van der Waals surface area contributed by atoms with E-state index in [0.717, 1.165) is 18.6 Å². The van der Waals surface area contributed by atoms with Crippen molar-refractivity contribution < 1.29 is 18.4 Å². The molecule has 1 aromatic rings. The summed E-state index contributed by atoms with van der Waals surface area (Å²) in [4.78, 5) is 24.6. The second kappa shape index (κ2) is 7.71. The Morgan fingerprint density at radius 1 is 1.29 bits per heavy atom.